The first kappa shape index (κ1) is 14.8. The fourth-order valence-corrected chi connectivity index (χ4v) is 3.79. The van der Waals surface area contributed by atoms with E-state index in [-0.39, 0.29) is 12.3 Å². The van der Waals surface area contributed by atoms with Gasteiger partial charge in [-0.2, -0.15) is 0 Å². The maximum absolute atomic E-state index is 6.60. The predicted molar refractivity (Wildman–Crippen MR) is 102 cm³/mol. The van der Waals surface area contributed by atoms with Gasteiger partial charge in [0.05, 0.1) is 0 Å². The predicted octanol–water partition coefficient (Wildman–Crippen LogP) is 5.95. The van der Waals surface area contributed by atoms with Crippen molar-refractivity contribution in [1.29, 1.82) is 0 Å². The summed E-state index contributed by atoms with van der Waals surface area (Å²) < 4.78 is 6.60. The molecule has 0 saturated heterocycles. The average Bonchev–Trinajstić information content (AvgIpc) is 2.68. The van der Waals surface area contributed by atoms with Gasteiger partial charge in [-0.3, -0.25) is 0 Å². The van der Waals surface area contributed by atoms with Gasteiger partial charge < -0.3 is 9.64 Å². The van der Waals surface area contributed by atoms with E-state index in [4.69, 9.17) is 16.3 Å². The highest BCUT2D eigenvalue weighted by molar-refractivity contribution is 6.30. The number of fused-ring (bicyclic) bond motifs is 5. The fraction of sp³-hybridized carbons (Fsp3) is 0.0909. The van der Waals surface area contributed by atoms with E-state index in [0.717, 1.165) is 10.6 Å². The minimum absolute atomic E-state index is 0.116. The molecule has 0 aromatic heterocycles. The Balaban J connectivity index is 1.67. The molecule has 25 heavy (non-hydrogen) atoms. The van der Waals surface area contributed by atoms with Crippen molar-refractivity contribution in [3.05, 3.63) is 106 Å². The van der Waals surface area contributed by atoms with E-state index in [0.29, 0.717) is 0 Å². The first-order valence-electron chi connectivity index (χ1n) is 8.36. The molecule has 0 saturated carbocycles. The van der Waals surface area contributed by atoms with E-state index in [9.17, 15) is 0 Å². The van der Waals surface area contributed by atoms with Gasteiger partial charge in [-0.25, -0.2) is 0 Å². The van der Waals surface area contributed by atoms with Gasteiger partial charge in [0.1, 0.15) is 6.10 Å². The molecule has 0 spiro atoms. The summed E-state index contributed by atoms with van der Waals surface area (Å²) in [4.78, 5) is 2.21. The zero-order chi connectivity index (χ0) is 16.8. The lowest BCUT2D eigenvalue weighted by Gasteiger charge is -2.43. The molecule has 0 amide bonds. The molecule has 5 rings (SSSR count). The highest BCUT2D eigenvalue weighted by atomic mass is 35.5. The number of anilines is 1. The van der Waals surface area contributed by atoms with E-state index in [1.807, 2.05) is 24.3 Å². The van der Waals surface area contributed by atoms with Gasteiger partial charge in [0, 0.05) is 28.0 Å². The third-order valence-electron chi connectivity index (χ3n) is 4.86. The highest BCUT2D eigenvalue weighted by Gasteiger charge is 2.36. The molecule has 2 aliphatic heterocycles. The van der Waals surface area contributed by atoms with Crippen molar-refractivity contribution in [2.24, 2.45) is 0 Å². The van der Waals surface area contributed by atoms with Crippen molar-refractivity contribution in [1.82, 2.24) is 0 Å². The van der Waals surface area contributed by atoms with Gasteiger partial charge >= 0.3 is 0 Å². The summed E-state index contributed by atoms with van der Waals surface area (Å²) in [6.45, 7) is 0. The van der Waals surface area contributed by atoms with Crippen LogP contribution >= 0.6 is 11.6 Å². The van der Waals surface area contributed by atoms with Crippen LogP contribution in [-0.2, 0) is 4.74 Å². The third-order valence-corrected chi connectivity index (χ3v) is 5.12. The van der Waals surface area contributed by atoms with E-state index >= 15 is 0 Å². The van der Waals surface area contributed by atoms with Crippen LogP contribution in [0.1, 0.15) is 34.6 Å². The van der Waals surface area contributed by atoms with E-state index in [1.165, 1.54) is 22.4 Å². The maximum atomic E-state index is 6.60. The van der Waals surface area contributed by atoms with Crippen LogP contribution in [0.5, 0.6) is 0 Å². The van der Waals surface area contributed by atoms with Gasteiger partial charge in [-0.15, -0.1) is 0 Å². The lowest BCUT2D eigenvalue weighted by atomic mass is 9.94. The molecule has 3 aromatic rings. The van der Waals surface area contributed by atoms with Crippen LogP contribution in [0, 0.1) is 0 Å². The van der Waals surface area contributed by atoms with E-state index in [1.54, 1.807) is 0 Å². The standard InChI is InChI=1S/C22H16ClNO/c23-17-11-9-16(10-12-17)21-19-7-3-4-8-20(19)24-14-13-15-5-1-2-6-18(15)22(24)25-21/h1-14,21-22H. The summed E-state index contributed by atoms with van der Waals surface area (Å²) in [6, 6.07) is 24.8. The first-order valence-corrected chi connectivity index (χ1v) is 8.74. The number of halogens is 1. The molecule has 2 atom stereocenters. The zero-order valence-electron chi connectivity index (χ0n) is 13.5. The topological polar surface area (TPSA) is 12.5 Å². The summed E-state index contributed by atoms with van der Waals surface area (Å²) in [7, 11) is 0. The van der Waals surface area contributed by atoms with Gasteiger partial charge in [-0.1, -0.05) is 66.2 Å². The second-order valence-corrected chi connectivity index (χ2v) is 6.77. The number of nitrogens with zero attached hydrogens (tertiary/aromatic N) is 1. The van der Waals surface area contributed by atoms with Gasteiger partial charge in [0.2, 0.25) is 0 Å². The number of para-hydroxylation sites is 1. The molecule has 2 aliphatic rings. The molecular weight excluding hydrogens is 330 g/mol. The molecule has 0 N–H and O–H groups in total. The number of hydrogen-bond acceptors (Lipinski definition) is 2. The maximum Gasteiger partial charge on any atom is 0.162 e. The average molecular weight is 346 g/mol. The van der Waals surface area contributed by atoms with Crippen molar-refractivity contribution in [3.63, 3.8) is 0 Å². The van der Waals surface area contributed by atoms with Crippen LogP contribution in [0.4, 0.5) is 5.69 Å². The molecule has 2 nitrogen and oxygen atoms in total. The van der Waals surface area contributed by atoms with Crippen molar-refractivity contribution in [3.8, 4) is 0 Å². The van der Waals surface area contributed by atoms with Crippen LogP contribution in [0.25, 0.3) is 6.08 Å². The minimum atomic E-state index is -0.128. The molecule has 2 unspecified atom stereocenters. The smallest absolute Gasteiger partial charge is 0.162 e. The van der Waals surface area contributed by atoms with Crippen molar-refractivity contribution in [2.75, 3.05) is 4.90 Å². The molecule has 0 aliphatic carbocycles. The molecule has 122 valence electrons. The van der Waals surface area contributed by atoms with Gasteiger partial charge in [-0.05, 0) is 35.4 Å². The molecule has 3 aromatic carbocycles. The fourth-order valence-electron chi connectivity index (χ4n) is 3.66. The summed E-state index contributed by atoms with van der Waals surface area (Å²) >= 11 is 6.07. The Labute approximate surface area is 151 Å². The Morgan fingerprint density at radius 1 is 0.800 bits per heavy atom. The normalized spacial score (nSPS) is 20.6. The molecule has 3 heteroatoms. The lowest BCUT2D eigenvalue weighted by molar-refractivity contribution is -0.000346. The summed E-state index contributed by atoms with van der Waals surface area (Å²) in [5.41, 5.74) is 5.87. The van der Waals surface area contributed by atoms with Crippen LogP contribution < -0.4 is 4.90 Å². The molecule has 0 radical (unpaired) electrons. The summed E-state index contributed by atoms with van der Waals surface area (Å²) in [5, 5.41) is 0.736. The van der Waals surface area contributed by atoms with Crippen molar-refractivity contribution < 1.29 is 4.74 Å². The SMILES string of the molecule is Clc1ccc(C2OC3c4ccccc4C=CN3c3ccccc32)cc1. The monoisotopic (exact) mass is 345 g/mol. The Bertz CT molecular complexity index is 964. The molecule has 2 heterocycles. The van der Waals surface area contributed by atoms with Crippen LogP contribution in [-0.4, -0.2) is 0 Å². The van der Waals surface area contributed by atoms with E-state index in [2.05, 4.69) is 65.7 Å². The Morgan fingerprint density at radius 3 is 2.36 bits per heavy atom. The first-order chi connectivity index (χ1) is 12.3. The molecule has 0 bridgehead atoms. The number of hydrogen-bond donors (Lipinski definition) is 0. The Hall–Kier alpha value is -2.55. The largest absolute Gasteiger partial charge is 0.341 e. The summed E-state index contributed by atoms with van der Waals surface area (Å²) in [5.74, 6) is 0. The number of rotatable bonds is 1. The zero-order valence-corrected chi connectivity index (χ0v) is 14.2. The highest BCUT2D eigenvalue weighted by Crippen LogP contribution is 2.47. The second-order valence-electron chi connectivity index (χ2n) is 6.33. The molecule has 0 fully saturated rings. The number of benzene rings is 3. The van der Waals surface area contributed by atoms with Gasteiger partial charge in [0.15, 0.2) is 6.23 Å². The minimum Gasteiger partial charge on any atom is -0.341 e. The molecular formula is C22H16ClNO. The quantitative estimate of drug-likeness (QED) is 0.540. The second kappa shape index (κ2) is 5.76. The van der Waals surface area contributed by atoms with Crippen LogP contribution in [0.3, 0.4) is 0 Å². The van der Waals surface area contributed by atoms with E-state index < -0.39 is 0 Å². The van der Waals surface area contributed by atoms with Crippen molar-refractivity contribution >= 4 is 23.4 Å². The third kappa shape index (κ3) is 2.38. The van der Waals surface area contributed by atoms with Crippen LogP contribution in [0.15, 0.2) is 79.0 Å². The Morgan fingerprint density at radius 2 is 1.52 bits per heavy atom. The van der Waals surface area contributed by atoms with Crippen molar-refractivity contribution in [2.45, 2.75) is 12.3 Å². The van der Waals surface area contributed by atoms with Crippen LogP contribution in [0.2, 0.25) is 5.02 Å². The number of ether oxygens (including phenoxy) is 1. The summed E-state index contributed by atoms with van der Waals surface area (Å²) in [6.07, 6.45) is 4.02. The van der Waals surface area contributed by atoms with Gasteiger partial charge in [0.25, 0.3) is 0 Å². The lowest BCUT2D eigenvalue weighted by Crippen LogP contribution is -2.35. The Kier molecular flexibility index (Phi) is 3.40.